The van der Waals surface area contributed by atoms with Crippen molar-refractivity contribution in [2.45, 2.75) is 51.9 Å². The number of hydrogen-bond donors (Lipinski definition) is 0. The highest BCUT2D eigenvalue weighted by Gasteiger charge is 2.28. The van der Waals surface area contributed by atoms with Crippen molar-refractivity contribution in [3.05, 3.63) is 98.5 Å². The monoisotopic (exact) mass is 471 g/mol. The van der Waals surface area contributed by atoms with E-state index in [1.54, 1.807) is 22.8 Å². The molecule has 0 saturated carbocycles. The minimum Gasteiger partial charge on any atom is -0.337 e. The van der Waals surface area contributed by atoms with Crippen molar-refractivity contribution in [3.8, 4) is 0 Å². The summed E-state index contributed by atoms with van der Waals surface area (Å²) in [7, 11) is 1.76. The Balaban J connectivity index is 1.55. The second-order valence-corrected chi connectivity index (χ2v) is 9.06. The average Bonchev–Trinajstić information content (AvgIpc) is 3.33. The third-order valence-corrected chi connectivity index (χ3v) is 7.00. The predicted molar refractivity (Wildman–Crippen MR) is 134 cm³/mol. The number of carbonyl (C=O) groups is 1. The molecular formula is C27H29N5O3. The highest BCUT2D eigenvalue weighted by Crippen LogP contribution is 2.33. The van der Waals surface area contributed by atoms with E-state index in [1.807, 2.05) is 49.4 Å². The highest BCUT2D eigenvalue weighted by atomic mass is 16.2. The van der Waals surface area contributed by atoms with Crippen molar-refractivity contribution in [1.82, 2.24) is 23.6 Å². The summed E-state index contributed by atoms with van der Waals surface area (Å²) in [6.45, 7) is 2.39. The summed E-state index contributed by atoms with van der Waals surface area (Å²) < 4.78 is 4.27. The molecule has 180 valence electrons. The zero-order chi connectivity index (χ0) is 24.5. The van der Waals surface area contributed by atoms with E-state index in [0.717, 1.165) is 35.0 Å². The van der Waals surface area contributed by atoms with Crippen LogP contribution in [0.2, 0.25) is 0 Å². The minimum atomic E-state index is -0.529. The first kappa shape index (κ1) is 22.8. The smallest absolute Gasteiger partial charge is 0.333 e. The Morgan fingerprint density at radius 1 is 1.06 bits per heavy atom. The maximum Gasteiger partial charge on any atom is 0.333 e. The summed E-state index contributed by atoms with van der Waals surface area (Å²) in [4.78, 5) is 46.5. The first-order valence-electron chi connectivity index (χ1n) is 12.1. The normalized spacial score (nSPS) is 15.2. The van der Waals surface area contributed by atoms with Crippen molar-refractivity contribution >= 4 is 17.1 Å². The van der Waals surface area contributed by atoms with Gasteiger partial charge >= 0.3 is 5.69 Å². The van der Waals surface area contributed by atoms with Gasteiger partial charge in [0.2, 0.25) is 5.91 Å². The lowest BCUT2D eigenvalue weighted by atomic mass is 9.87. The molecule has 1 amide bonds. The van der Waals surface area contributed by atoms with Crippen molar-refractivity contribution in [2.24, 2.45) is 0 Å². The van der Waals surface area contributed by atoms with Gasteiger partial charge in [0.25, 0.3) is 5.56 Å². The van der Waals surface area contributed by atoms with Crippen LogP contribution in [0, 0.1) is 0 Å². The molecule has 8 heteroatoms. The molecule has 0 N–H and O–H groups in total. The van der Waals surface area contributed by atoms with Crippen molar-refractivity contribution in [1.29, 1.82) is 0 Å². The second kappa shape index (κ2) is 9.37. The van der Waals surface area contributed by atoms with Crippen LogP contribution >= 0.6 is 0 Å². The molecule has 35 heavy (non-hydrogen) atoms. The van der Waals surface area contributed by atoms with Crippen LogP contribution in [0.25, 0.3) is 11.2 Å². The van der Waals surface area contributed by atoms with E-state index in [1.165, 1.54) is 10.1 Å². The maximum absolute atomic E-state index is 13.5. The number of amides is 1. The molecule has 0 bridgehead atoms. The molecule has 2 aromatic carbocycles. The van der Waals surface area contributed by atoms with Crippen LogP contribution in [0.5, 0.6) is 0 Å². The number of aromatic nitrogens is 4. The van der Waals surface area contributed by atoms with E-state index in [9.17, 15) is 14.4 Å². The maximum atomic E-state index is 13.5. The zero-order valence-corrected chi connectivity index (χ0v) is 20.1. The van der Waals surface area contributed by atoms with Gasteiger partial charge in [-0.25, -0.2) is 14.3 Å². The number of nitrogens with zero attached hydrogens (tertiary/aromatic N) is 5. The summed E-state index contributed by atoms with van der Waals surface area (Å²) in [6, 6.07) is 17.7. The molecule has 4 aromatic rings. The van der Waals surface area contributed by atoms with E-state index in [-0.39, 0.29) is 25.0 Å². The van der Waals surface area contributed by atoms with Gasteiger partial charge in [0, 0.05) is 13.6 Å². The van der Waals surface area contributed by atoms with Gasteiger partial charge in [-0.05, 0) is 42.9 Å². The highest BCUT2D eigenvalue weighted by molar-refractivity contribution is 5.77. The van der Waals surface area contributed by atoms with Crippen molar-refractivity contribution in [2.75, 3.05) is 7.05 Å². The molecule has 1 atom stereocenters. The van der Waals surface area contributed by atoms with E-state index >= 15 is 0 Å². The van der Waals surface area contributed by atoms with Gasteiger partial charge in [-0.15, -0.1) is 0 Å². The lowest BCUT2D eigenvalue weighted by Gasteiger charge is -2.33. The van der Waals surface area contributed by atoms with Crippen LogP contribution in [-0.4, -0.2) is 36.5 Å². The number of benzene rings is 2. The summed E-state index contributed by atoms with van der Waals surface area (Å²) >= 11 is 0. The largest absolute Gasteiger partial charge is 0.337 e. The average molecular weight is 472 g/mol. The third kappa shape index (κ3) is 4.09. The molecule has 5 rings (SSSR count). The van der Waals surface area contributed by atoms with Crippen molar-refractivity contribution < 1.29 is 4.79 Å². The van der Waals surface area contributed by atoms with Gasteiger partial charge in [0.05, 0.1) is 18.9 Å². The Hall–Kier alpha value is -3.94. The quantitative estimate of drug-likeness (QED) is 0.433. The summed E-state index contributed by atoms with van der Waals surface area (Å²) in [5, 5.41) is 0. The Bertz CT molecular complexity index is 1500. The molecule has 2 aromatic heterocycles. The predicted octanol–water partition coefficient (Wildman–Crippen LogP) is 2.96. The first-order valence-corrected chi connectivity index (χ1v) is 12.1. The van der Waals surface area contributed by atoms with E-state index < -0.39 is 11.2 Å². The number of aryl methyl sites for hydroxylation is 2. The van der Waals surface area contributed by atoms with Crippen LogP contribution < -0.4 is 11.2 Å². The standard InChI is InChI=1S/C27H29N5O3/c1-3-30-18-28-25-24(30)26(34)32(27(35)31(25)16-19-10-5-4-6-11-19)17-23(33)29(2)22-15-9-13-20-12-7-8-14-21(20)22/h4-8,10-12,14,18,22H,3,9,13,15-17H2,1-2H3/t22-/m1/s1. The van der Waals surface area contributed by atoms with Crippen molar-refractivity contribution in [3.63, 3.8) is 0 Å². The number of imidazole rings is 1. The molecule has 8 nitrogen and oxygen atoms in total. The number of rotatable bonds is 6. The lowest BCUT2D eigenvalue weighted by Crippen LogP contribution is -2.45. The molecule has 0 radical (unpaired) electrons. The third-order valence-electron chi connectivity index (χ3n) is 7.00. The molecule has 1 aliphatic carbocycles. The Kier molecular flexibility index (Phi) is 6.11. The fraction of sp³-hybridized carbons (Fsp3) is 0.333. The molecule has 1 aliphatic rings. The van der Waals surface area contributed by atoms with E-state index in [4.69, 9.17) is 0 Å². The number of hydrogen-bond acceptors (Lipinski definition) is 4. The Labute approximate surface area is 203 Å². The number of carbonyl (C=O) groups excluding carboxylic acids is 1. The van der Waals surface area contributed by atoms with Crippen LogP contribution in [-0.2, 0) is 30.8 Å². The summed E-state index contributed by atoms with van der Waals surface area (Å²) in [5.74, 6) is -0.265. The molecule has 0 saturated heterocycles. The fourth-order valence-corrected chi connectivity index (χ4v) is 5.08. The van der Waals surface area contributed by atoms with Crippen LogP contribution in [0.3, 0.4) is 0 Å². The Morgan fingerprint density at radius 3 is 2.57 bits per heavy atom. The van der Waals surface area contributed by atoms with Gasteiger partial charge in [0.15, 0.2) is 11.2 Å². The van der Waals surface area contributed by atoms with Gasteiger partial charge in [0.1, 0.15) is 6.54 Å². The summed E-state index contributed by atoms with van der Waals surface area (Å²) in [5.41, 5.74) is 2.96. The molecule has 0 unspecified atom stereocenters. The lowest BCUT2D eigenvalue weighted by molar-refractivity contribution is -0.133. The topological polar surface area (TPSA) is 82.1 Å². The molecule has 2 heterocycles. The Morgan fingerprint density at radius 2 is 1.80 bits per heavy atom. The van der Waals surface area contributed by atoms with E-state index in [2.05, 4.69) is 17.1 Å². The molecular weight excluding hydrogens is 442 g/mol. The summed E-state index contributed by atoms with van der Waals surface area (Å²) in [6.07, 6.45) is 4.42. The van der Waals surface area contributed by atoms with Gasteiger partial charge < -0.3 is 9.47 Å². The number of likely N-dealkylation sites (N-methyl/N-ethyl adjacent to an activating group) is 1. The van der Waals surface area contributed by atoms with Crippen LogP contribution in [0.15, 0.2) is 70.5 Å². The van der Waals surface area contributed by atoms with E-state index in [0.29, 0.717) is 17.7 Å². The SMILES string of the molecule is CCn1cnc2c1c(=O)n(CC(=O)N(C)[C@@H]1CCCc3ccccc31)c(=O)n2Cc1ccccc1. The number of fused-ring (bicyclic) bond motifs is 2. The molecule has 0 aliphatic heterocycles. The van der Waals surface area contributed by atoms with Crippen LogP contribution in [0.1, 0.15) is 42.5 Å². The first-order chi connectivity index (χ1) is 17.0. The fourth-order valence-electron chi connectivity index (χ4n) is 5.08. The van der Waals surface area contributed by atoms with Crippen LogP contribution in [0.4, 0.5) is 0 Å². The molecule has 0 fully saturated rings. The second-order valence-electron chi connectivity index (χ2n) is 9.06. The van der Waals surface area contributed by atoms with Gasteiger partial charge in [-0.3, -0.25) is 14.2 Å². The minimum absolute atomic E-state index is 0.0698. The van der Waals surface area contributed by atoms with Gasteiger partial charge in [-0.1, -0.05) is 54.6 Å². The zero-order valence-electron chi connectivity index (χ0n) is 20.1. The molecule has 0 spiro atoms. The van der Waals surface area contributed by atoms with Gasteiger partial charge in [-0.2, -0.15) is 0 Å².